The van der Waals surface area contributed by atoms with E-state index < -0.39 is 0 Å². The van der Waals surface area contributed by atoms with E-state index in [0.29, 0.717) is 16.3 Å². The van der Waals surface area contributed by atoms with E-state index in [9.17, 15) is 4.79 Å². The molecule has 0 spiro atoms. The van der Waals surface area contributed by atoms with Crippen LogP contribution in [0.2, 0.25) is 0 Å². The van der Waals surface area contributed by atoms with E-state index >= 15 is 0 Å². The zero-order chi connectivity index (χ0) is 12.3. The molecule has 1 heterocycles. The third kappa shape index (κ3) is 3.70. The quantitative estimate of drug-likeness (QED) is 0.848. The van der Waals surface area contributed by atoms with Crippen LogP contribution >= 0.6 is 15.9 Å². The van der Waals surface area contributed by atoms with Crippen LogP contribution in [0.15, 0.2) is 22.9 Å². The number of nitrogens with one attached hydrogen (secondary N) is 1. The number of carbonyl (C=O) groups is 1. The Kier molecular flexibility index (Phi) is 3.99. The Hall–Kier alpha value is -1.10. The smallest absolute Gasteiger partial charge is 0.258 e. The topological polar surface area (TPSA) is 51.2 Å². The normalized spacial score (nSPS) is 16.4. The number of pyridine rings is 1. The van der Waals surface area contributed by atoms with Crippen molar-refractivity contribution in [2.75, 3.05) is 6.61 Å². The summed E-state index contributed by atoms with van der Waals surface area (Å²) in [7, 11) is 0. The summed E-state index contributed by atoms with van der Waals surface area (Å²) in [6, 6.07) is 3.79. The summed E-state index contributed by atoms with van der Waals surface area (Å²) in [5.41, 5.74) is 0. The number of nitrogens with zero attached hydrogens (tertiary/aromatic N) is 1. The van der Waals surface area contributed by atoms with Gasteiger partial charge in [-0.15, -0.1) is 0 Å². The fourth-order valence-electron chi connectivity index (χ4n) is 1.63. The SMILES string of the molecule is C[C@@H](NC(=O)COc1cccnc1Br)C1CC1. The first-order chi connectivity index (χ1) is 8.16. The third-order valence-electron chi connectivity index (χ3n) is 2.80. The lowest BCUT2D eigenvalue weighted by Gasteiger charge is -2.13. The van der Waals surface area contributed by atoms with Crippen LogP contribution in [0.1, 0.15) is 19.8 Å². The van der Waals surface area contributed by atoms with Crippen LogP contribution in [-0.4, -0.2) is 23.5 Å². The van der Waals surface area contributed by atoms with Gasteiger partial charge >= 0.3 is 0 Å². The number of halogens is 1. The van der Waals surface area contributed by atoms with Gasteiger partial charge in [-0.2, -0.15) is 0 Å². The van der Waals surface area contributed by atoms with Gasteiger partial charge in [0.25, 0.3) is 5.91 Å². The summed E-state index contributed by atoms with van der Waals surface area (Å²) in [4.78, 5) is 15.6. The molecule has 1 aliphatic carbocycles. The van der Waals surface area contributed by atoms with Crippen molar-refractivity contribution >= 4 is 21.8 Å². The van der Waals surface area contributed by atoms with Crippen molar-refractivity contribution in [3.8, 4) is 5.75 Å². The summed E-state index contributed by atoms with van der Waals surface area (Å²) < 4.78 is 5.99. The molecule has 1 aromatic rings. The molecule has 0 aliphatic heterocycles. The van der Waals surface area contributed by atoms with Gasteiger partial charge in [-0.05, 0) is 53.7 Å². The van der Waals surface area contributed by atoms with Gasteiger partial charge < -0.3 is 10.1 Å². The van der Waals surface area contributed by atoms with Gasteiger partial charge in [-0.25, -0.2) is 4.98 Å². The molecule has 17 heavy (non-hydrogen) atoms. The molecule has 0 aromatic carbocycles. The predicted octanol–water partition coefficient (Wildman–Crippen LogP) is 2.14. The molecule has 1 aromatic heterocycles. The van der Waals surface area contributed by atoms with Gasteiger partial charge in [0.05, 0.1) is 0 Å². The Morgan fingerprint density at radius 1 is 1.71 bits per heavy atom. The van der Waals surface area contributed by atoms with Crippen LogP contribution < -0.4 is 10.1 Å². The number of ether oxygens (including phenoxy) is 1. The Morgan fingerprint density at radius 2 is 2.47 bits per heavy atom. The number of amides is 1. The largest absolute Gasteiger partial charge is 0.481 e. The van der Waals surface area contributed by atoms with Crippen LogP contribution in [0.5, 0.6) is 5.75 Å². The summed E-state index contributed by atoms with van der Waals surface area (Å²) in [6.45, 7) is 2.07. The minimum atomic E-state index is -0.0832. The maximum Gasteiger partial charge on any atom is 0.258 e. The van der Waals surface area contributed by atoms with Crippen molar-refractivity contribution in [3.05, 3.63) is 22.9 Å². The fraction of sp³-hybridized carbons (Fsp3) is 0.500. The molecule has 1 amide bonds. The molecular weight excluding hydrogens is 284 g/mol. The van der Waals surface area contributed by atoms with Crippen molar-refractivity contribution in [1.82, 2.24) is 10.3 Å². The highest BCUT2D eigenvalue weighted by Crippen LogP contribution is 2.32. The van der Waals surface area contributed by atoms with Gasteiger partial charge in [-0.1, -0.05) is 0 Å². The Bertz CT molecular complexity index is 407. The van der Waals surface area contributed by atoms with Crippen LogP contribution in [0, 0.1) is 5.92 Å². The van der Waals surface area contributed by atoms with E-state index in [2.05, 4.69) is 26.2 Å². The van der Waals surface area contributed by atoms with Crippen molar-refractivity contribution < 1.29 is 9.53 Å². The van der Waals surface area contributed by atoms with Crippen molar-refractivity contribution in [2.24, 2.45) is 5.92 Å². The van der Waals surface area contributed by atoms with Crippen molar-refractivity contribution in [2.45, 2.75) is 25.8 Å². The van der Waals surface area contributed by atoms with Gasteiger partial charge in [0, 0.05) is 12.2 Å². The number of aromatic nitrogens is 1. The lowest BCUT2D eigenvalue weighted by atomic mass is 10.2. The lowest BCUT2D eigenvalue weighted by Crippen LogP contribution is -2.37. The summed E-state index contributed by atoms with van der Waals surface area (Å²) in [5, 5.41) is 2.93. The second-order valence-electron chi connectivity index (χ2n) is 4.27. The highest BCUT2D eigenvalue weighted by atomic mass is 79.9. The first-order valence-electron chi connectivity index (χ1n) is 5.69. The Balaban J connectivity index is 1.77. The molecule has 1 saturated carbocycles. The number of hydrogen-bond acceptors (Lipinski definition) is 3. The molecule has 0 saturated heterocycles. The number of hydrogen-bond donors (Lipinski definition) is 1. The number of rotatable bonds is 5. The average Bonchev–Trinajstić information content (AvgIpc) is 3.11. The zero-order valence-electron chi connectivity index (χ0n) is 9.65. The lowest BCUT2D eigenvalue weighted by molar-refractivity contribution is -0.123. The minimum absolute atomic E-state index is 0.0291. The summed E-state index contributed by atoms with van der Waals surface area (Å²) in [5.74, 6) is 1.16. The molecule has 0 radical (unpaired) electrons. The first kappa shape index (κ1) is 12.4. The molecular formula is C12H15BrN2O2. The standard InChI is InChI=1S/C12H15BrN2O2/c1-8(9-4-5-9)15-11(16)7-17-10-3-2-6-14-12(10)13/h2-3,6,8-9H,4-5,7H2,1H3,(H,15,16)/t8-/m1/s1. The highest BCUT2D eigenvalue weighted by Gasteiger charge is 2.28. The fourth-order valence-corrected chi connectivity index (χ4v) is 2.00. The molecule has 0 bridgehead atoms. The molecule has 92 valence electrons. The van der Waals surface area contributed by atoms with Gasteiger partial charge in [0.1, 0.15) is 4.60 Å². The Labute approximate surface area is 109 Å². The van der Waals surface area contributed by atoms with Gasteiger partial charge in [-0.3, -0.25) is 4.79 Å². The van der Waals surface area contributed by atoms with E-state index in [1.807, 2.05) is 6.92 Å². The van der Waals surface area contributed by atoms with Crippen LogP contribution in [0.3, 0.4) is 0 Å². The summed E-state index contributed by atoms with van der Waals surface area (Å²) in [6.07, 6.45) is 4.10. The van der Waals surface area contributed by atoms with E-state index in [1.54, 1.807) is 18.3 Å². The van der Waals surface area contributed by atoms with E-state index in [1.165, 1.54) is 12.8 Å². The number of carbonyl (C=O) groups excluding carboxylic acids is 1. The molecule has 1 aliphatic rings. The van der Waals surface area contributed by atoms with Crippen molar-refractivity contribution in [3.63, 3.8) is 0 Å². The van der Waals surface area contributed by atoms with Crippen molar-refractivity contribution in [1.29, 1.82) is 0 Å². The molecule has 1 fully saturated rings. The zero-order valence-corrected chi connectivity index (χ0v) is 11.2. The molecule has 4 nitrogen and oxygen atoms in total. The second kappa shape index (κ2) is 5.49. The molecule has 5 heteroatoms. The van der Waals surface area contributed by atoms with Gasteiger partial charge in [0.2, 0.25) is 0 Å². The molecule has 0 unspecified atom stereocenters. The maximum absolute atomic E-state index is 11.6. The van der Waals surface area contributed by atoms with Crippen LogP contribution in [0.4, 0.5) is 0 Å². The maximum atomic E-state index is 11.6. The minimum Gasteiger partial charge on any atom is -0.481 e. The molecule has 2 rings (SSSR count). The van der Waals surface area contributed by atoms with E-state index in [0.717, 1.165) is 0 Å². The molecule has 1 atom stereocenters. The first-order valence-corrected chi connectivity index (χ1v) is 6.49. The Morgan fingerprint density at radius 3 is 3.12 bits per heavy atom. The van der Waals surface area contributed by atoms with E-state index in [-0.39, 0.29) is 18.6 Å². The van der Waals surface area contributed by atoms with E-state index in [4.69, 9.17) is 4.74 Å². The predicted molar refractivity (Wildman–Crippen MR) is 67.8 cm³/mol. The second-order valence-corrected chi connectivity index (χ2v) is 5.03. The monoisotopic (exact) mass is 298 g/mol. The van der Waals surface area contributed by atoms with Crippen LogP contribution in [0.25, 0.3) is 0 Å². The third-order valence-corrected chi connectivity index (χ3v) is 3.40. The van der Waals surface area contributed by atoms with Crippen LogP contribution in [-0.2, 0) is 4.79 Å². The summed E-state index contributed by atoms with van der Waals surface area (Å²) >= 11 is 3.26. The van der Waals surface area contributed by atoms with Gasteiger partial charge in [0.15, 0.2) is 12.4 Å². The highest BCUT2D eigenvalue weighted by molar-refractivity contribution is 9.10. The average molecular weight is 299 g/mol. The molecule has 1 N–H and O–H groups in total.